The molecule has 6 nitrogen and oxygen atoms in total. The molecule has 194 valence electrons. The Labute approximate surface area is 203 Å². The minimum Gasteiger partial charge on any atom is -0.396 e. The van der Waals surface area contributed by atoms with Gasteiger partial charge in [-0.15, -0.1) is 0 Å². The number of amides is 3. The summed E-state index contributed by atoms with van der Waals surface area (Å²) in [5.74, 6) is -0.0570. The molecule has 3 amide bonds. The zero-order valence-corrected chi connectivity index (χ0v) is 22.3. The van der Waals surface area contributed by atoms with Gasteiger partial charge in [0.15, 0.2) is 0 Å². The van der Waals surface area contributed by atoms with Crippen LogP contribution in [0.3, 0.4) is 0 Å². The molecule has 1 rings (SSSR count). The van der Waals surface area contributed by atoms with E-state index in [0.717, 1.165) is 64.6 Å². The highest BCUT2D eigenvalue weighted by Crippen LogP contribution is 2.30. The lowest BCUT2D eigenvalue weighted by molar-refractivity contribution is -0.125. The Kier molecular flexibility index (Phi) is 14.2. The molecular weight excluding hydrogens is 416 g/mol. The number of urea groups is 1. The number of aliphatic hydroxyl groups excluding tert-OH is 1. The summed E-state index contributed by atoms with van der Waals surface area (Å²) in [6.45, 7) is 14.6. The molecule has 1 N–H and O–H groups in total. The number of nitrogens with zero attached hydrogens (tertiary/aromatic N) is 2. The van der Waals surface area contributed by atoms with Crippen LogP contribution in [-0.2, 0) is 9.53 Å². The number of ether oxygens (including phenoxy) is 1. The van der Waals surface area contributed by atoms with Gasteiger partial charge in [0.05, 0.1) is 0 Å². The molecule has 0 aliphatic carbocycles. The summed E-state index contributed by atoms with van der Waals surface area (Å²) < 4.78 is 5.86. The summed E-state index contributed by atoms with van der Waals surface area (Å²) in [5, 5.41) is 8.88. The van der Waals surface area contributed by atoms with Gasteiger partial charge in [-0.2, -0.15) is 0 Å². The van der Waals surface area contributed by atoms with Crippen LogP contribution in [0.2, 0.25) is 0 Å². The number of likely N-dealkylation sites (N-methyl/N-ethyl adjacent to an activating group) is 1. The van der Waals surface area contributed by atoms with Crippen molar-refractivity contribution in [1.82, 2.24) is 9.80 Å². The van der Waals surface area contributed by atoms with Crippen LogP contribution in [-0.4, -0.2) is 66.3 Å². The van der Waals surface area contributed by atoms with E-state index in [4.69, 9.17) is 9.84 Å². The van der Waals surface area contributed by atoms with Crippen LogP contribution in [0.25, 0.3) is 0 Å². The summed E-state index contributed by atoms with van der Waals surface area (Å²) in [4.78, 5) is 27.2. The summed E-state index contributed by atoms with van der Waals surface area (Å²) >= 11 is 0. The molecule has 0 aromatic heterocycles. The minimum atomic E-state index is -0.126. The summed E-state index contributed by atoms with van der Waals surface area (Å²) in [7, 11) is 0. The van der Waals surface area contributed by atoms with E-state index in [2.05, 4.69) is 27.7 Å². The third-order valence-electron chi connectivity index (χ3n) is 7.04. The molecule has 0 unspecified atom stereocenters. The molecule has 1 heterocycles. The van der Waals surface area contributed by atoms with E-state index < -0.39 is 0 Å². The van der Waals surface area contributed by atoms with Crippen LogP contribution in [0.4, 0.5) is 4.79 Å². The minimum absolute atomic E-state index is 0.0570. The normalized spacial score (nSPS) is 15.2. The number of hydrogen-bond donors (Lipinski definition) is 1. The van der Waals surface area contributed by atoms with Crippen molar-refractivity contribution in [1.29, 1.82) is 0 Å². The highest BCUT2D eigenvalue weighted by Gasteiger charge is 2.34. The number of carbonyl (C=O) groups is 2. The standard InChI is InChI=1S/C27H52N2O4/c1-6-28-23-24(31)29(25(28)32)19-14-18-27(4,5)17-10-13-22-33-21-12-9-16-26(2,3)15-8-7-11-20-30/h30H,6-23H2,1-5H3. The van der Waals surface area contributed by atoms with E-state index >= 15 is 0 Å². The second kappa shape index (κ2) is 15.7. The van der Waals surface area contributed by atoms with Crippen molar-refractivity contribution in [2.45, 2.75) is 112 Å². The molecule has 1 saturated heterocycles. The first kappa shape index (κ1) is 29.9. The highest BCUT2D eigenvalue weighted by atomic mass is 16.5. The van der Waals surface area contributed by atoms with Crippen molar-refractivity contribution < 1.29 is 19.4 Å². The first-order valence-corrected chi connectivity index (χ1v) is 13.4. The molecule has 33 heavy (non-hydrogen) atoms. The van der Waals surface area contributed by atoms with Gasteiger partial charge in [-0.1, -0.05) is 53.4 Å². The van der Waals surface area contributed by atoms with Crippen LogP contribution in [0.5, 0.6) is 0 Å². The maximum absolute atomic E-state index is 12.2. The fraction of sp³-hybridized carbons (Fsp3) is 0.926. The van der Waals surface area contributed by atoms with Crippen molar-refractivity contribution in [3.63, 3.8) is 0 Å². The zero-order chi connectivity index (χ0) is 24.7. The lowest BCUT2D eigenvalue weighted by atomic mass is 9.82. The molecule has 0 bridgehead atoms. The molecule has 6 heteroatoms. The van der Waals surface area contributed by atoms with E-state index in [9.17, 15) is 9.59 Å². The number of imide groups is 1. The summed E-state index contributed by atoms with van der Waals surface area (Å²) in [5.41, 5.74) is 0.616. The first-order valence-electron chi connectivity index (χ1n) is 13.4. The predicted molar refractivity (Wildman–Crippen MR) is 135 cm³/mol. The Morgan fingerprint density at radius 3 is 1.79 bits per heavy atom. The predicted octanol–water partition coefficient (Wildman–Crippen LogP) is 6.01. The van der Waals surface area contributed by atoms with Gasteiger partial charge in [0.25, 0.3) is 0 Å². The van der Waals surface area contributed by atoms with E-state index in [1.165, 1.54) is 30.6 Å². The second-order valence-electron chi connectivity index (χ2n) is 11.3. The Morgan fingerprint density at radius 2 is 1.30 bits per heavy atom. The second-order valence-corrected chi connectivity index (χ2v) is 11.3. The largest absolute Gasteiger partial charge is 0.396 e. The molecule has 1 aliphatic rings. The Bertz CT molecular complexity index is 562. The van der Waals surface area contributed by atoms with Crippen LogP contribution in [0.15, 0.2) is 0 Å². The Hall–Kier alpha value is -1.14. The molecule has 1 aliphatic heterocycles. The highest BCUT2D eigenvalue weighted by molar-refractivity contribution is 6.01. The fourth-order valence-corrected chi connectivity index (χ4v) is 4.64. The molecule has 1 fully saturated rings. The van der Waals surface area contributed by atoms with E-state index in [-0.39, 0.29) is 23.9 Å². The zero-order valence-electron chi connectivity index (χ0n) is 22.3. The van der Waals surface area contributed by atoms with Gasteiger partial charge in [-0.3, -0.25) is 9.69 Å². The molecule has 0 atom stereocenters. The molecule has 0 spiro atoms. The van der Waals surface area contributed by atoms with Crippen LogP contribution in [0, 0.1) is 10.8 Å². The van der Waals surface area contributed by atoms with Gasteiger partial charge in [0.2, 0.25) is 5.91 Å². The smallest absolute Gasteiger partial charge is 0.327 e. The lowest BCUT2D eigenvalue weighted by Gasteiger charge is -2.25. The van der Waals surface area contributed by atoms with Crippen molar-refractivity contribution in [3.05, 3.63) is 0 Å². The molecule has 0 saturated carbocycles. The number of unbranched alkanes of at least 4 members (excludes halogenated alkanes) is 4. The maximum atomic E-state index is 12.2. The Balaban J connectivity index is 2.03. The molecule has 0 radical (unpaired) electrons. The van der Waals surface area contributed by atoms with Gasteiger partial charge in [-0.25, -0.2) is 4.79 Å². The van der Waals surface area contributed by atoms with Gasteiger partial charge in [-0.05, 0) is 69.1 Å². The monoisotopic (exact) mass is 468 g/mol. The van der Waals surface area contributed by atoms with E-state index in [0.29, 0.717) is 25.1 Å². The number of rotatable bonds is 20. The SMILES string of the molecule is CCN1CC(=O)N(CCCC(C)(C)CCCCOCCCCC(C)(C)CCCCCO)C1=O. The number of carbonyl (C=O) groups excluding carboxylic acids is 2. The van der Waals surface area contributed by atoms with Crippen molar-refractivity contribution in [3.8, 4) is 0 Å². The van der Waals surface area contributed by atoms with Crippen molar-refractivity contribution in [2.24, 2.45) is 10.8 Å². The van der Waals surface area contributed by atoms with Crippen LogP contribution < -0.4 is 0 Å². The topological polar surface area (TPSA) is 70.1 Å². The number of aliphatic hydroxyl groups is 1. The number of hydrogen-bond acceptors (Lipinski definition) is 4. The Morgan fingerprint density at radius 1 is 0.788 bits per heavy atom. The third-order valence-corrected chi connectivity index (χ3v) is 7.04. The van der Waals surface area contributed by atoms with Gasteiger partial charge < -0.3 is 14.7 Å². The maximum Gasteiger partial charge on any atom is 0.327 e. The van der Waals surface area contributed by atoms with Gasteiger partial charge in [0, 0.05) is 32.9 Å². The molecule has 0 aromatic carbocycles. The van der Waals surface area contributed by atoms with E-state index in [1.807, 2.05) is 6.92 Å². The van der Waals surface area contributed by atoms with Crippen LogP contribution in [0.1, 0.15) is 112 Å². The quantitative estimate of drug-likeness (QED) is 0.175. The van der Waals surface area contributed by atoms with Gasteiger partial charge in [0.1, 0.15) is 6.54 Å². The summed E-state index contributed by atoms with van der Waals surface area (Å²) in [6, 6.07) is -0.126. The van der Waals surface area contributed by atoms with Crippen LogP contribution >= 0.6 is 0 Å². The summed E-state index contributed by atoms with van der Waals surface area (Å²) in [6.07, 6.45) is 13.4. The average molecular weight is 469 g/mol. The third kappa shape index (κ3) is 12.8. The van der Waals surface area contributed by atoms with E-state index in [1.54, 1.807) is 4.90 Å². The van der Waals surface area contributed by atoms with Gasteiger partial charge >= 0.3 is 6.03 Å². The average Bonchev–Trinajstić information content (AvgIpc) is 3.03. The lowest BCUT2D eigenvalue weighted by Crippen LogP contribution is -2.34. The molecule has 0 aromatic rings. The van der Waals surface area contributed by atoms with Crippen molar-refractivity contribution >= 4 is 11.9 Å². The fourth-order valence-electron chi connectivity index (χ4n) is 4.64. The first-order chi connectivity index (χ1) is 15.6. The molecular formula is C27H52N2O4. The van der Waals surface area contributed by atoms with Crippen molar-refractivity contribution in [2.75, 3.05) is 39.5 Å².